The third-order valence-corrected chi connectivity index (χ3v) is 2.59. The Labute approximate surface area is 103 Å². The topological polar surface area (TPSA) is 53.1 Å². The Morgan fingerprint density at radius 1 is 1.41 bits per heavy atom. The van der Waals surface area contributed by atoms with Gasteiger partial charge in [0.1, 0.15) is 5.76 Å². The molecule has 0 aliphatic rings. The second-order valence-corrected chi connectivity index (χ2v) is 4.79. The minimum Gasteiger partial charge on any atom is -0.444 e. The van der Waals surface area contributed by atoms with E-state index in [0.717, 1.165) is 30.4 Å². The van der Waals surface area contributed by atoms with Crippen LogP contribution in [-0.4, -0.2) is 23.0 Å². The lowest BCUT2D eigenvalue weighted by Gasteiger charge is -2.21. The third kappa shape index (κ3) is 4.58. The lowest BCUT2D eigenvalue weighted by Crippen LogP contribution is -2.28. The lowest BCUT2D eigenvalue weighted by atomic mass is 10.2. The molecule has 1 aromatic rings. The van der Waals surface area contributed by atoms with E-state index >= 15 is 0 Å². The number of aryl methyl sites for hydroxylation is 2. The fourth-order valence-corrected chi connectivity index (χ4v) is 1.76. The first kappa shape index (κ1) is 13.7. The highest BCUT2D eigenvalue weighted by atomic mass is 16.4. The molecule has 1 aromatic heterocycles. The molecule has 0 fully saturated rings. The van der Waals surface area contributed by atoms with E-state index in [1.54, 1.807) is 0 Å². The average molecular weight is 235 g/mol. The van der Waals surface area contributed by atoms with Crippen molar-refractivity contribution in [1.82, 2.24) is 9.88 Å². The summed E-state index contributed by atoms with van der Waals surface area (Å²) in [5.41, 5.74) is 0.949. The zero-order chi connectivity index (χ0) is 12.8. The Morgan fingerprint density at radius 2 is 2.12 bits per heavy atom. The van der Waals surface area contributed by atoms with E-state index in [-0.39, 0.29) is 0 Å². The molecular formula is C13H21N3O. The number of hydrogen-bond donors (Lipinski definition) is 0. The molecule has 1 heterocycles. The summed E-state index contributed by atoms with van der Waals surface area (Å²) in [7, 11) is 0. The standard InChI is InChI=1S/C13H21N3O/c1-10(2)8-16(7-5-6-14)9-13-15-11(3)12(4)17-13/h10H,5,7-9H2,1-4H3. The zero-order valence-corrected chi connectivity index (χ0v) is 11.2. The molecule has 0 aromatic carbocycles. The highest BCUT2D eigenvalue weighted by molar-refractivity contribution is 5.05. The first-order chi connectivity index (χ1) is 8.02. The molecule has 0 aliphatic carbocycles. The lowest BCUT2D eigenvalue weighted by molar-refractivity contribution is 0.218. The Morgan fingerprint density at radius 3 is 2.59 bits per heavy atom. The third-order valence-electron chi connectivity index (χ3n) is 2.59. The summed E-state index contributed by atoms with van der Waals surface area (Å²) in [6.07, 6.45) is 0.547. The van der Waals surface area contributed by atoms with Gasteiger partial charge in [-0.3, -0.25) is 4.90 Å². The normalized spacial score (nSPS) is 11.1. The molecule has 1 rings (SSSR count). The van der Waals surface area contributed by atoms with E-state index in [1.807, 2.05) is 13.8 Å². The summed E-state index contributed by atoms with van der Waals surface area (Å²) in [6.45, 7) is 10.6. The summed E-state index contributed by atoms with van der Waals surface area (Å²) >= 11 is 0. The number of hydrogen-bond acceptors (Lipinski definition) is 4. The Hall–Kier alpha value is -1.34. The maximum atomic E-state index is 8.65. The van der Waals surface area contributed by atoms with Crippen LogP contribution in [0.4, 0.5) is 0 Å². The summed E-state index contributed by atoms with van der Waals surface area (Å²) in [5.74, 6) is 2.20. The molecule has 0 radical (unpaired) electrons. The van der Waals surface area contributed by atoms with Gasteiger partial charge in [0.15, 0.2) is 0 Å². The fraction of sp³-hybridized carbons (Fsp3) is 0.692. The first-order valence-electron chi connectivity index (χ1n) is 6.05. The van der Waals surface area contributed by atoms with E-state index in [0.29, 0.717) is 18.9 Å². The molecule has 0 N–H and O–H groups in total. The maximum Gasteiger partial charge on any atom is 0.208 e. The van der Waals surface area contributed by atoms with Gasteiger partial charge in [-0.15, -0.1) is 0 Å². The second kappa shape index (κ2) is 6.41. The molecule has 17 heavy (non-hydrogen) atoms. The molecule has 0 spiro atoms. The van der Waals surface area contributed by atoms with Crippen LogP contribution in [-0.2, 0) is 6.54 Å². The van der Waals surface area contributed by atoms with Gasteiger partial charge in [0, 0.05) is 19.5 Å². The molecule has 4 nitrogen and oxygen atoms in total. The van der Waals surface area contributed by atoms with Gasteiger partial charge in [0.2, 0.25) is 5.89 Å². The zero-order valence-electron chi connectivity index (χ0n) is 11.2. The monoisotopic (exact) mass is 235 g/mol. The summed E-state index contributed by atoms with van der Waals surface area (Å²) in [6, 6.07) is 2.18. The van der Waals surface area contributed by atoms with Crippen LogP contribution in [0, 0.1) is 31.1 Å². The molecule has 0 saturated carbocycles. The molecule has 0 atom stereocenters. The van der Waals surface area contributed by atoms with Gasteiger partial charge in [0.05, 0.1) is 18.3 Å². The van der Waals surface area contributed by atoms with Crippen molar-refractivity contribution < 1.29 is 4.42 Å². The molecular weight excluding hydrogens is 214 g/mol. The minimum atomic E-state index is 0.547. The van der Waals surface area contributed by atoms with Crippen molar-refractivity contribution in [3.8, 4) is 6.07 Å². The smallest absolute Gasteiger partial charge is 0.208 e. The van der Waals surface area contributed by atoms with Gasteiger partial charge in [-0.2, -0.15) is 5.26 Å². The predicted molar refractivity (Wildman–Crippen MR) is 66.3 cm³/mol. The van der Waals surface area contributed by atoms with E-state index in [1.165, 1.54) is 0 Å². The van der Waals surface area contributed by atoms with Crippen LogP contribution in [0.25, 0.3) is 0 Å². The van der Waals surface area contributed by atoms with Crippen molar-refractivity contribution in [3.63, 3.8) is 0 Å². The van der Waals surface area contributed by atoms with E-state index in [2.05, 4.69) is 29.8 Å². The summed E-state index contributed by atoms with van der Waals surface area (Å²) in [5, 5.41) is 8.65. The number of oxazole rings is 1. The van der Waals surface area contributed by atoms with Crippen LogP contribution in [0.3, 0.4) is 0 Å². The van der Waals surface area contributed by atoms with Gasteiger partial charge >= 0.3 is 0 Å². The Balaban J connectivity index is 2.61. The van der Waals surface area contributed by atoms with Gasteiger partial charge in [-0.1, -0.05) is 13.8 Å². The van der Waals surface area contributed by atoms with Crippen molar-refractivity contribution in [2.24, 2.45) is 5.92 Å². The van der Waals surface area contributed by atoms with Crippen molar-refractivity contribution in [2.75, 3.05) is 13.1 Å². The molecule has 0 saturated heterocycles. The van der Waals surface area contributed by atoms with Crippen molar-refractivity contribution >= 4 is 0 Å². The molecule has 0 aliphatic heterocycles. The highest BCUT2D eigenvalue weighted by Crippen LogP contribution is 2.12. The van der Waals surface area contributed by atoms with Gasteiger partial charge in [0.25, 0.3) is 0 Å². The van der Waals surface area contributed by atoms with Crippen molar-refractivity contribution in [2.45, 2.75) is 40.7 Å². The Kier molecular flexibility index (Phi) is 5.17. The average Bonchev–Trinajstić information content (AvgIpc) is 2.54. The van der Waals surface area contributed by atoms with Crippen LogP contribution in [0.2, 0.25) is 0 Å². The van der Waals surface area contributed by atoms with Crippen LogP contribution in [0.5, 0.6) is 0 Å². The van der Waals surface area contributed by atoms with Gasteiger partial charge < -0.3 is 4.42 Å². The van der Waals surface area contributed by atoms with Gasteiger partial charge in [-0.05, 0) is 19.8 Å². The largest absolute Gasteiger partial charge is 0.444 e. The highest BCUT2D eigenvalue weighted by Gasteiger charge is 2.12. The second-order valence-electron chi connectivity index (χ2n) is 4.79. The Bertz CT molecular complexity index is 370. The van der Waals surface area contributed by atoms with Crippen molar-refractivity contribution in [3.05, 3.63) is 17.3 Å². The number of nitrogens with zero attached hydrogens (tertiary/aromatic N) is 3. The van der Waals surface area contributed by atoms with Crippen LogP contribution < -0.4 is 0 Å². The van der Waals surface area contributed by atoms with E-state index < -0.39 is 0 Å². The molecule has 0 unspecified atom stereocenters. The quantitative estimate of drug-likeness (QED) is 0.760. The molecule has 0 bridgehead atoms. The van der Waals surface area contributed by atoms with Crippen LogP contribution in [0.15, 0.2) is 4.42 Å². The summed E-state index contributed by atoms with van der Waals surface area (Å²) in [4.78, 5) is 6.59. The van der Waals surface area contributed by atoms with Crippen molar-refractivity contribution in [1.29, 1.82) is 5.26 Å². The minimum absolute atomic E-state index is 0.547. The fourth-order valence-electron chi connectivity index (χ4n) is 1.76. The predicted octanol–water partition coefficient (Wildman–Crippen LogP) is 2.66. The van der Waals surface area contributed by atoms with E-state index in [9.17, 15) is 0 Å². The van der Waals surface area contributed by atoms with Crippen LogP contribution in [0.1, 0.15) is 37.6 Å². The van der Waals surface area contributed by atoms with E-state index in [4.69, 9.17) is 9.68 Å². The number of rotatable bonds is 6. The number of nitriles is 1. The maximum absolute atomic E-state index is 8.65. The number of aromatic nitrogens is 1. The van der Waals surface area contributed by atoms with Crippen LogP contribution >= 0.6 is 0 Å². The summed E-state index contributed by atoms with van der Waals surface area (Å²) < 4.78 is 5.57. The molecule has 94 valence electrons. The molecule has 4 heteroatoms. The first-order valence-corrected chi connectivity index (χ1v) is 6.05. The SMILES string of the molecule is Cc1nc(CN(CCC#N)CC(C)C)oc1C. The molecule has 0 amide bonds. The van der Waals surface area contributed by atoms with Gasteiger partial charge in [-0.25, -0.2) is 4.98 Å².